The van der Waals surface area contributed by atoms with Crippen molar-refractivity contribution >= 4 is 11.6 Å². The summed E-state index contributed by atoms with van der Waals surface area (Å²) in [6.07, 6.45) is 0. The van der Waals surface area contributed by atoms with Crippen molar-refractivity contribution in [2.45, 2.75) is 0 Å². The van der Waals surface area contributed by atoms with Crippen LogP contribution in [-0.2, 0) is 0 Å². The van der Waals surface area contributed by atoms with Crippen molar-refractivity contribution in [3.05, 3.63) is 53.6 Å². The van der Waals surface area contributed by atoms with Gasteiger partial charge in [-0.1, -0.05) is 6.07 Å². The highest BCUT2D eigenvalue weighted by Gasteiger charge is 2.14. The lowest BCUT2D eigenvalue weighted by Gasteiger charge is -2.09. The third-order valence-corrected chi connectivity index (χ3v) is 2.53. The maximum absolute atomic E-state index is 13.7. The van der Waals surface area contributed by atoms with Gasteiger partial charge in [-0.25, -0.2) is 8.78 Å². The van der Waals surface area contributed by atoms with Crippen LogP contribution in [0, 0.1) is 11.6 Å². The summed E-state index contributed by atoms with van der Waals surface area (Å²) in [7, 11) is 0. The molecule has 0 saturated heterocycles. The third kappa shape index (κ3) is 2.15. The summed E-state index contributed by atoms with van der Waals surface area (Å²) in [5, 5.41) is 0. The van der Waals surface area contributed by atoms with E-state index >= 15 is 0 Å². The molecular weight excluding hydrogens is 238 g/mol. The van der Waals surface area contributed by atoms with Crippen molar-refractivity contribution < 1.29 is 13.6 Å². The number of carbonyl (C=O) groups excluding carboxylic acids is 1. The quantitative estimate of drug-likeness (QED) is 0.801. The number of nitrogens with two attached hydrogens (primary N) is 2. The van der Waals surface area contributed by atoms with Crippen LogP contribution in [0.25, 0.3) is 11.1 Å². The molecule has 0 saturated carbocycles. The fraction of sp³-hybridized carbons (Fsp3) is 0. The molecular formula is C13H10F2N2O. The summed E-state index contributed by atoms with van der Waals surface area (Å²) in [5.41, 5.74) is 11.6. The lowest BCUT2D eigenvalue weighted by Crippen LogP contribution is -2.13. The van der Waals surface area contributed by atoms with Gasteiger partial charge in [-0.3, -0.25) is 4.79 Å². The van der Waals surface area contributed by atoms with Gasteiger partial charge in [0.2, 0.25) is 5.91 Å². The highest BCUT2D eigenvalue weighted by atomic mass is 19.1. The van der Waals surface area contributed by atoms with Crippen molar-refractivity contribution in [1.29, 1.82) is 0 Å². The maximum Gasteiger partial charge on any atom is 0.249 e. The topological polar surface area (TPSA) is 69.1 Å². The summed E-state index contributed by atoms with van der Waals surface area (Å²) in [6, 6.07) is 7.47. The number of nitrogen functional groups attached to an aromatic ring is 1. The minimum atomic E-state index is -0.762. The normalized spacial score (nSPS) is 10.3. The number of anilines is 1. The highest BCUT2D eigenvalue weighted by Crippen LogP contribution is 2.28. The van der Waals surface area contributed by atoms with Gasteiger partial charge in [0.1, 0.15) is 11.6 Å². The van der Waals surface area contributed by atoms with Gasteiger partial charge in [0.05, 0.1) is 0 Å². The summed E-state index contributed by atoms with van der Waals surface area (Å²) in [4.78, 5) is 11.3. The minimum absolute atomic E-state index is 0.0977. The molecule has 2 rings (SSSR count). The molecule has 2 aromatic carbocycles. The van der Waals surface area contributed by atoms with Gasteiger partial charge in [-0.2, -0.15) is 0 Å². The number of amides is 1. The van der Waals surface area contributed by atoms with E-state index in [-0.39, 0.29) is 16.7 Å². The van der Waals surface area contributed by atoms with Crippen molar-refractivity contribution in [3.8, 4) is 11.1 Å². The smallest absolute Gasteiger partial charge is 0.249 e. The van der Waals surface area contributed by atoms with E-state index in [1.54, 1.807) is 0 Å². The summed E-state index contributed by atoms with van der Waals surface area (Å²) in [6.45, 7) is 0. The molecule has 0 spiro atoms. The first kappa shape index (κ1) is 12.0. The number of hydrogen-bond donors (Lipinski definition) is 2. The molecule has 18 heavy (non-hydrogen) atoms. The Morgan fingerprint density at radius 3 is 2.28 bits per heavy atom. The molecule has 0 radical (unpaired) electrons. The molecule has 0 atom stereocenters. The van der Waals surface area contributed by atoms with Crippen LogP contribution in [0.2, 0.25) is 0 Å². The van der Waals surface area contributed by atoms with E-state index in [0.29, 0.717) is 5.69 Å². The molecule has 0 aliphatic heterocycles. The fourth-order valence-electron chi connectivity index (χ4n) is 1.71. The van der Waals surface area contributed by atoms with Gasteiger partial charge in [0.15, 0.2) is 0 Å². The van der Waals surface area contributed by atoms with E-state index in [0.717, 1.165) is 12.1 Å². The number of rotatable bonds is 2. The van der Waals surface area contributed by atoms with Crippen molar-refractivity contribution in [1.82, 2.24) is 0 Å². The van der Waals surface area contributed by atoms with Gasteiger partial charge in [0.25, 0.3) is 0 Å². The van der Waals surface area contributed by atoms with E-state index in [9.17, 15) is 13.6 Å². The Morgan fingerprint density at radius 2 is 1.67 bits per heavy atom. The molecule has 0 fully saturated rings. The largest absolute Gasteiger partial charge is 0.399 e. The number of primary amides is 1. The molecule has 1 amide bonds. The molecule has 4 N–H and O–H groups in total. The van der Waals surface area contributed by atoms with Crippen LogP contribution in [0.4, 0.5) is 14.5 Å². The SMILES string of the molecule is NC(=O)c1cc(N)ccc1-c1ccc(F)cc1F. The molecule has 0 aromatic heterocycles. The monoisotopic (exact) mass is 248 g/mol. The molecule has 0 aliphatic rings. The van der Waals surface area contributed by atoms with E-state index in [1.807, 2.05) is 0 Å². The first-order chi connectivity index (χ1) is 8.49. The molecule has 0 unspecified atom stereocenters. The van der Waals surface area contributed by atoms with Crippen LogP contribution in [0.15, 0.2) is 36.4 Å². The van der Waals surface area contributed by atoms with Crippen molar-refractivity contribution in [3.63, 3.8) is 0 Å². The zero-order chi connectivity index (χ0) is 13.3. The first-order valence-electron chi connectivity index (χ1n) is 5.14. The Labute approximate surface area is 102 Å². The second-order valence-electron chi connectivity index (χ2n) is 3.79. The lowest BCUT2D eigenvalue weighted by molar-refractivity contribution is 0.100. The van der Waals surface area contributed by atoms with Crippen LogP contribution >= 0.6 is 0 Å². The lowest BCUT2D eigenvalue weighted by atomic mass is 9.98. The van der Waals surface area contributed by atoms with Gasteiger partial charge in [0, 0.05) is 22.9 Å². The zero-order valence-electron chi connectivity index (χ0n) is 9.28. The molecule has 92 valence electrons. The van der Waals surface area contributed by atoms with Crippen LogP contribution in [-0.4, -0.2) is 5.91 Å². The Morgan fingerprint density at radius 1 is 1.00 bits per heavy atom. The van der Waals surface area contributed by atoms with Crippen LogP contribution in [0.1, 0.15) is 10.4 Å². The average Bonchev–Trinajstić information content (AvgIpc) is 2.29. The predicted octanol–water partition coefficient (Wildman–Crippen LogP) is 2.31. The molecule has 3 nitrogen and oxygen atoms in total. The van der Waals surface area contributed by atoms with Gasteiger partial charge in [-0.05, 0) is 29.8 Å². The molecule has 0 heterocycles. The Bertz CT molecular complexity index is 626. The second kappa shape index (κ2) is 4.44. The number of halogens is 2. The Balaban J connectivity index is 2.67. The van der Waals surface area contributed by atoms with Gasteiger partial charge in [-0.15, -0.1) is 0 Å². The van der Waals surface area contributed by atoms with Crippen LogP contribution in [0.3, 0.4) is 0 Å². The zero-order valence-corrected chi connectivity index (χ0v) is 9.28. The van der Waals surface area contributed by atoms with E-state index < -0.39 is 17.5 Å². The molecule has 0 aliphatic carbocycles. The number of benzene rings is 2. The number of hydrogen-bond acceptors (Lipinski definition) is 2. The summed E-state index contributed by atoms with van der Waals surface area (Å²) < 4.78 is 26.5. The van der Waals surface area contributed by atoms with Crippen LogP contribution < -0.4 is 11.5 Å². The first-order valence-corrected chi connectivity index (χ1v) is 5.14. The standard InChI is InChI=1S/C13H10F2N2O/c14-7-1-3-10(12(15)5-7)9-4-2-8(16)6-11(9)13(17)18/h1-6H,16H2,(H2,17,18). The van der Waals surface area contributed by atoms with Crippen molar-refractivity contribution in [2.75, 3.05) is 5.73 Å². The maximum atomic E-state index is 13.7. The average molecular weight is 248 g/mol. The minimum Gasteiger partial charge on any atom is -0.399 e. The van der Waals surface area contributed by atoms with Crippen LogP contribution in [0.5, 0.6) is 0 Å². The summed E-state index contributed by atoms with van der Waals surface area (Å²) >= 11 is 0. The van der Waals surface area contributed by atoms with Gasteiger partial charge >= 0.3 is 0 Å². The number of carbonyl (C=O) groups is 1. The Hall–Kier alpha value is -2.43. The van der Waals surface area contributed by atoms with E-state index in [4.69, 9.17) is 11.5 Å². The predicted molar refractivity (Wildman–Crippen MR) is 64.7 cm³/mol. The molecule has 5 heteroatoms. The molecule has 2 aromatic rings. The fourth-order valence-corrected chi connectivity index (χ4v) is 1.71. The van der Waals surface area contributed by atoms with Crippen molar-refractivity contribution in [2.24, 2.45) is 5.73 Å². The van der Waals surface area contributed by atoms with E-state index in [2.05, 4.69) is 0 Å². The van der Waals surface area contributed by atoms with E-state index in [1.165, 1.54) is 24.3 Å². The Kier molecular flexibility index (Phi) is 2.97. The third-order valence-electron chi connectivity index (χ3n) is 2.53. The summed E-state index contributed by atoms with van der Waals surface area (Å²) in [5.74, 6) is -2.17. The van der Waals surface area contributed by atoms with Gasteiger partial charge < -0.3 is 11.5 Å². The molecule has 0 bridgehead atoms. The highest BCUT2D eigenvalue weighted by molar-refractivity contribution is 6.00. The second-order valence-corrected chi connectivity index (χ2v) is 3.79.